The molecule has 1 amide bonds. The number of hydrogen-bond donors (Lipinski definition) is 2. The van der Waals surface area contributed by atoms with Crippen LogP contribution in [0.3, 0.4) is 0 Å². The summed E-state index contributed by atoms with van der Waals surface area (Å²) in [6, 6.07) is 0.215. The van der Waals surface area contributed by atoms with Crippen molar-refractivity contribution in [3.8, 4) is 0 Å². The Morgan fingerprint density at radius 3 is 2.79 bits per heavy atom. The topological polar surface area (TPSA) is 82.2 Å². The lowest BCUT2D eigenvalue weighted by Gasteiger charge is -2.13. The number of nitrogens with zero attached hydrogens (tertiary/aromatic N) is 2. The summed E-state index contributed by atoms with van der Waals surface area (Å²) in [5.74, 6) is -0.0210. The molecule has 0 spiro atoms. The SMILES string of the molecule is COC1CCC(NC(=O)Cn2nc(C)c(N)c2C)C1. The molecule has 1 heterocycles. The van der Waals surface area contributed by atoms with Crippen LogP contribution in [0.1, 0.15) is 30.7 Å². The molecule has 1 saturated carbocycles. The van der Waals surface area contributed by atoms with Gasteiger partial charge in [0.2, 0.25) is 5.91 Å². The predicted octanol–water partition coefficient (Wildman–Crippen LogP) is 0.766. The molecule has 3 N–H and O–H groups in total. The summed E-state index contributed by atoms with van der Waals surface area (Å²) in [6.45, 7) is 3.94. The Morgan fingerprint density at radius 2 is 2.26 bits per heavy atom. The zero-order valence-electron chi connectivity index (χ0n) is 11.8. The lowest BCUT2D eigenvalue weighted by Crippen LogP contribution is -2.36. The van der Waals surface area contributed by atoms with Gasteiger partial charge < -0.3 is 15.8 Å². The predicted molar refractivity (Wildman–Crippen MR) is 72.7 cm³/mol. The number of rotatable bonds is 4. The number of anilines is 1. The van der Waals surface area contributed by atoms with Gasteiger partial charge in [0.05, 0.1) is 23.2 Å². The second-order valence-corrected chi connectivity index (χ2v) is 5.18. The molecule has 0 radical (unpaired) electrons. The van der Waals surface area contributed by atoms with Crippen molar-refractivity contribution in [3.63, 3.8) is 0 Å². The number of carbonyl (C=O) groups is 1. The van der Waals surface area contributed by atoms with E-state index in [0.717, 1.165) is 30.7 Å². The lowest BCUT2D eigenvalue weighted by atomic mass is 10.2. The first kappa shape index (κ1) is 13.9. The van der Waals surface area contributed by atoms with Crippen LogP contribution >= 0.6 is 0 Å². The molecule has 1 fully saturated rings. The van der Waals surface area contributed by atoms with Crippen LogP contribution in [-0.4, -0.2) is 34.9 Å². The fourth-order valence-corrected chi connectivity index (χ4v) is 2.56. The van der Waals surface area contributed by atoms with Gasteiger partial charge in [0.15, 0.2) is 0 Å². The number of nitrogen functional groups attached to an aromatic ring is 1. The van der Waals surface area contributed by atoms with E-state index in [1.165, 1.54) is 0 Å². The lowest BCUT2D eigenvalue weighted by molar-refractivity contribution is -0.122. The summed E-state index contributed by atoms with van der Waals surface area (Å²) in [5.41, 5.74) is 8.12. The Balaban J connectivity index is 1.89. The van der Waals surface area contributed by atoms with Gasteiger partial charge in [-0.2, -0.15) is 5.10 Å². The first-order chi connectivity index (χ1) is 9.01. The normalized spacial score (nSPS) is 22.7. The Bertz CT molecular complexity index is 469. The minimum absolute atomic E-state index is 0.0210. The molecule has 2 rings (SSSR count). The minimum Gasteiger partial charge on any atom is -0.396 e. The van der Waals surface area contributed by atoms with Crippen LogP contribution in [0.2, 0.25) is 0 Å². The zero-order chi connectivity index (χ0) is 14.0. The Kier molecular flexibility index (Phi) is 4.09. The summed E-state index contributed by atoms with van der Waals surface area (Å²) in [5, 5.41) is 7.29. The molecular formula is C13H22N4O2. The summed E-state index contributed by atoms with van der Waals surface area (Å²) in [6.07, 6.45) is 3.15. The van der Waals surface area contributed by atoms with Crippen molar-refractivity contribution in [2.24, 2.45) is 0 Å². The van der Waals surface area contributed by atoms with Gasteiger partial charge in [-0.1, -0.05) is 0 Å². The van der Waals surface area contributed by atoms with Gasteiger partial charge in [-0.25, -0.2) is 0 Å². The van der Waals surface area contributed by atoms with Crippen LogP contribution in [0.25, 0.3) is 0 Å². The molecule has 0 aliphatic heterocycles. The molecule has 0 saturated heterocycles. The molecular weight excluding hydrogens is 244 g/mol. The van der Waals surface area contributed by atoms with Gasteiger partial charge in [-0.15, -0.1) is 0 Å². The molecule has 1 aromatic rings. The second-order valence-electron chi connectivity index (χ2n) is 5.18. The highest BCUT2D eigenvalue weighted by Gasteiger charge is 2.25. The van der Waals surface area contributed by atoms with E-state index in [2.05, 4.69) is 10.4 Å². The summed E-state index contributed by atoms with van der Waals surface area (Å²) >= 11 is 0. The van der Waals surface area contributed by atoms with Crippen LogP contribution < -0.4 is 11.1 Å². The van der Waals surface area contributed by atoms with Crippen molar-refractivity contribution in [2.45, 2.75) is 51.8 Å². The third-order valence-corrected chi connectivity index (χ3v) is 3.81. The van der Waals surface area contributed by atoms with E-state index in [1.807, 2.05) is 13.8 Å². The highest BCUT2D eigenvalue weighted by Crippen LogP contribution is 2.21. The number of ether oxygens (including phenoxy) is 1. The van der Waals surface area contributed by atoms with Crippen molar-refractivity contribution in [3.05, 3.63) is 11.4 Å². The summed E-state index contributed by atoms with van der Waals surface area (Å²) < 4.78 is 6.95. The Hall–Kier alpha value is -1.56. The number of nitrogens with one attached hydrogen (secondary N) is 1. The first-order valence-corrected chi connectivity index (χ1v) is 6.63. The van der Waals surface area contributed by atoms with Crippen molar-refractivity contribution < 1.29 is 9.53 Å². The van der Waals surface area contributed by atoms with Crippen LogP contribution in [0.5, 0.6) is 0 Å². The van der Waals surface area contributed by atoms with Gasteiger partial charge in [0.25, 0.3) is 0 Å². The van der Waals surface area contributed by atoms with Crippen molar-refractivity contribution in [1.29, 1.82) is 0 Å². The third-order valence-electron chi connectivity index (χ3n) is 3.81. The molecule has 6 heteroatoms. The van der Waals surface area contributed by atoms with Crippen LogP contribution in [-0.2, 0) is 16.1 Å². The van der Waals surface area contributed by atoms with E-state index in [4.69, 9.17) is 10.5 Å². The quantitative estimate of drug-likeness (QED) is 0.843. The second kappa shape index (κ2) is 5.61. The number of carbonyl (C=O) groups excluding carboxylic acids is 1. The van der Waals surface area contributed by atoms with E-state index in [0.29, 0.717) is 5.69 Å². The van der Waals surface area contributed by atoms with Crippen molar-refractivity contribution >= 4 is 11.6 Å². The average molecular weight is 266 g/mol. The Morgan fingerprint density at radius 1 is 1.53 bits per heavy atom. The fraction of sp³-hybridized carbons (Fsp3) is 0.692. The van der Waals surface area contributed by atoms with Gasteiger partial charge in [-0.3, -0.25) is 9.48 Å². The van der Waals surface area contributed by atoms with Crippen molar-refractivity contribution in [1.82, 2.24) is 15.1 Å². The first-order valence-electron chi connectivity index (χ1n) is 6.63. The molecule has 2 unspecified atom stereocenters. The molecule has 6 nitrogen and oxygen atoms in total. The van der Waals surface area contributed by atoms with Gasteiger partial charge in [0.1, 0.15) is 6.54 Å². The molecule has 0 bridgehead atoms. The molecule has 0 aromatic carbocycles. The third kappa shape index (κ3) is 3.07. The maximum absolute atomic E-state index is 12.0. The highest BCUT2D eigenvalue weighted by molar-refractivity contribution is 5.76. The average Bonchev–Trinajstić information content (AvgIpc) is 2.91. The Labute approximate surface area is 113 Å². The van der Waals surface area contributed by atoms with Crippen LogP contribution in [0, 0.1) is 13.8 Å². The van der Waals surface area contributed by atoms with Crippen molar-refractivity contribution in [2.75, 3.05) is 12.8 Å². The van der Waals surface area contributed by atoms with Gasteiger partial charge in [-0.05, 0) is 33.1 Å². The molecule has 1 aliphatic rings. The van der Waals surface area contributed by atoms with E-state index in [9.17, 15) is 4.79 Å². The minimum atomic E-state index is -0.0210. The van der Waals surface area contributed by atoms with E-state index < -0.39 is 0 Å². The molecule has 1 aromatic heterocycles. The summed E-state index contributed by atoms with van der Waals surface area (Å²) in [4.78, 5) is 12.0. The number of nitrogens with two attached hydrogens (primary N) is 1. The standard InChI is InChI=1S/C13H22N4O2/c1-8-13(14)9(2)17(16-8)7-12(18)15-10-4-5-11(6-10)19-3/h10-11H,4-7,14H2,1-3H3,(H,15,18). The van der Waals surface area contributed by atoms with E-state index >= 15 is 0 Å². The van der Waals surface area contributed by atoms with Crippen LogP contribution in [0.4, 0.5) is 5.69 Å². The van der Waals surface area contributed by atoms with E-state index in [-0.39, 0.29) is 24.6 Å². The monoisotopic (exact) mass is 266 g/mol. The highest BCUT2D eigenvalue weighted by atomic mass is 16.5. The fourth-order valence-electron chi connectivity index (χ4n) is 2.56. The number of hydrogen-bond acceptors (Lipinski definition) is 4. The summed E-state index contributed by atoms with van der Waals surface area (Å²) in [7, 11) is 1.72. The van der Waals surface area contributed by atoms with Gasteiger partial charge in [0, 0.05) is 13.2 Å². The molecule has 1 aliphatic carbocycles. The molecule has 106 valence electrons. The van der Waals surface area contributed by atoms with E-state index in [1.54, 1.807) is 11.8 Å². The largest absolute Gasteiger partial charge is 0.396 e. The van der Waals surface area contributed by atoms with Crippen LogP contribution in [0.15, 0.2) is 0 Å². The maximum atomic E-state index is 12.0. The molecule has 19 heavy (non-hydrogen) atoms. The maximum Gasteiger partial charge on any atom is 0.241 e. The number of aryl methyl sites for hydroxylation is 1. The number of methoxy groups -OCH3 is 1. The van der Waals surface area contributed by atoms with Gasteiger partial charge >= 0.3 is 0 Å². The number of aromatic nitrogens is 2. The smallest absolute Gasteiger partial charge is 0.241 e. The zero-order valence-corrected chi connectivity index (χ0v) is 11.8. The molecule has 2 atom stereocenters. The number of amides is 1.